The van der Waals surface area contributed by atoms with Gasteiger partial charge < -0.3 is 19.8 Å². The van der Waals surface area contributed by atoms with E-state index >= 15 is 0 Å². The number of benzene rings is 2. The monoisotopic (exact) mass is 366 g/mol. The molecule has 2 aromatic carbocycles. The second-order valence-electron chi connectivity index (χ2n) is 6.56. The number of nitrogens with one attached hydrogen (secondary N) is 2. The van der Waals surface area contributed by atoms with E-state index in [0.29, 0.717) is 11.3 Å². The lowest BCUT2D eigenvalue weighted by atomic mass is 10.1. The third kappa shape index (κ3) is 4.31. The van der Waals surface area contributed by atoms with Gasteiger partial charge in [0, 0.05) is 11.9 Å². The van der Waals surface area contributed by atoms with Crippen molar-refractivity contribution in [1.29, 1.82) is 0 Å². The molecular formula is C22H26N2O3. The van der Waals surface area contributed by atoms with Crippen molar-refractivity contribution in [3.05, 3.63) is 65.4 Å². The Hall–Kier alpha value is -2.79. The molecule has 5 heteroatoms. The van der Waals surface area contributed by atoms with Gasteiger partial charge in [0.2, 0.25) is 0 Å². The quantitative estimate of drug-likeness (QED) is 0.579. The first-order valence-electron chi connectivity index (χ1n) is 9.30. The molecule has 0 aliphatic rings. The van der Waals surface area contributed by atoms with Crippen LogP contribution in [0.3, 0.4) is 0 Å². The van der Waals surface area contributed by atoms with Crippen molar-refractivity contribution in [2.45, 2.75) is 32.9 Å². The average Bonchev–Trinajstić information content (AvgIpc) is 3.15. The molecule has 142 valence electrons. The number of ether oxygens (including phenoxy) is 1. The summed E-state index contributed by atoms with van der Waals surface area (Å²) < 4.78 is 11.3. The summed E-state index contributed by atoms with van der Waals surface area (Å²) in [4.78, 5) is 12.7. The van der Waals surface area contributed by atoms with Gasteiger partial charge in [0.1, 0.15) is 0 Å². The molecule has 5 nitrogen and oxygen atoms in total. The Morgan fingerprint density at radius 3 is 2.67 bits per heavy atom. The maximum atomic E-state index is 12.7. The Labute approximate surface area is 159 Å². The van der Waals surface area contributed by atoms with Crippen LogP contribution in [0.25, 0.3) is 11.0 Å². The Morgan fingerprint density at radius 2 is 1.96 bits per heavy atom. The topological polar surface area (TPSA) is 63.5 Å². The molecule has 0 saturated heterocycles. The number of methoxy groups -OCH3 is 1. The minimum absolute atomic E-state index is 0.112. The molecule has 0 aliphatic heterocycles. The van der Waals surface area contributed by atoms with Gasteiger partial charge in [0.25, 0.3) is 5.91 Å². The van der Waals surface area contributed by atoms with E-state index in [1.54, 1.807) is 13.2 Å². The normalized spacial score (nSPS) is 12.1. The predicted octanol–water partition coefficient (Wildman–Crippen LogP) is 4.43. The van der Waals surface area contributed by atoms with Gasteiger partial charge in [-0.1, -0.05) is 43.3 Å². The van der Waals surface area contributed by atoms with Crippen LogP contribution in [0.1, 0.15) is 48.0 Å². The lowest BCUT2D eigenvalue weighted by Gasteiger charge is -2.12. The van der Waals surface area contributed by atoms with Crippen molar-refractivity contribution in [1.82, 2.24) is 10.6 Å². The first-order valence-corrected chi connectivity index (χ1v) is 9.30. The first-order chi connectivity index (χ1) is 13.1. The molecule has 1 amide bonds. The van der Waals surface area contributed by atoms with Crippen molar-refractivity contribution < 1.29 is 13.9 Å². The number of amides is 1. The van der Waals surface area contributed by atoms with Gasteiger partial charge in [-0.25, -0.2) is 0 Å². The fourth-order valence-corrected chi connectivity index (χ4v) is 3.07. The van der Waals surface area contributed by atoms with E-state index in [4.69, 9.17) is 9.15 Å². The van der Waals surface area contributed by atoms with Gasteiger partial charge in [-0.05, 0) is 43.1 Å². The van der Waals surface area contributed by atoms with Crippen molar-refractivity contribution in [3.63, 3.8) is 0 Å². The maximum absolute atomic E-state index is 12.7. The molecule has 0 spiro atoms. The number of carbonyl (C=O) groups is 1. The summed E-state index contributed by atoms with van der Waals surface area (Å²) in [6.45, 7) is 5.74. The first kappa shape index (κ1) is 19.0. The summed E-state index contributed by atoms with van der Waals surface area (Å²) in [5.41, 5.74) is 2.73. The molecule has 1 heterocycles. The summed E-state index contributed by atoms with van der Waals surface area (Å²) in [6.07, 6.45) is 1.07. The van der Waals surface area contributed by atoms with Crippen LogP contribution in [0.5, 0.6) is 5.75 Å². The zero-order valence-corrected chi connectivity index (χ0v) is 16.0. The standard InChI is InChI=1S/C22H26N2O3/c1-4-12-23-14-17-10-11-19(26-3)21-18(17)13-20(27-21)22(25)24-15(2)16-8-6-5-7-9-16/h5-11,13,15,23H,4,12,14H2,1-3H3,(H,24,25). The van der Waals surface area contributed by atoms with E-state index in [-0.39, 0.29) is 17.7 Å². The van der Waals surface area contributed by atoms with Crippen molar-refractivity contribution in [2.75, 3.05) is 13.7 Å². The molecule has 0 saturated carbocycles. The van der Waals surface area contributed by atoms with Crippen LogP contribution in [-0.2, 0) is 6.54 Å². The molecule has 0 radical (unpaired) electrons. The molecule has 2 N–H and O–H groups in total. The largest absolute Gasteiger partial charge is 0.493 e. The van der Waals surface area contributed by atoms with Gasteiger partial charge in [-0.15, -0.1) is 0 Å². The maximum Gasteiger partial charge on any atom is 0.287 e. The Balaban J connectivity index is 1.85. The number of hydrogen-bond acceptors (Lipinski definition) is 4. The van der Waals surface area contributed by atoms with Gasteiger partial charge >= 0.3 is 0 Å². The van der Waals surface area contributed by atoms with E-state index in [9.17, 15) is 4.79 Å². The summed E-state index contributed by atoms with van der Waals surface area (Å²) in [5, 5.41) is 7.28. The predicted molar refractivity (Wildman–Crippen MR) is 107 cm³/mol. The SMILES string of the molecule is CCCNCc1ccc(OC)c2oc(C(=O)NC(C)c3ccccc3)cc12. The van der Waals surface area contributed by atoms with Gasteiger partial charge in [-0.3, -0.25) is 4.79 Å². The highest BCUT2D eigenvalue weighted by Crippen LogP contribution is 2.32. The summed E-state index contributed by atoms with van der Waals surface area (Å²) in [7, 11) is 1.60. The van der Waals surface area contributed by atoms with E-state index in [1.165, 1.54) is 0 Å². The lowest BCUT2D eigenvalue weighted by Crippen LogP contribution is -2.26. The fraction of sp³-hybridized carbons (Fsp3) is 0.318. The highest BCUT2D eigenvalue weighted by Gasteiger charge is 2.19. The third-order valence-electron chi connectivity index (χ3n) is 4.57. The number of carbonyl (C=O) groups excluding carboxylic acids is 1. The number of rotatable bonds is 8. The average molecular weight is 366 g/mol. The second kappa shape index (κ2) is 8.73. The molecular weight excluding hydrogens is 340 g/mol. The number of fused-ring (bicyclic) bond motifs is 1. The summed E-state index contributed by atoms with van der Waals surface area (Å²) in [6, 6.07) is 15.4. The minimum Gasteiger partial charge on any atom is -0.493 e. The van der Waals surface area contributed by atoms with E-state index in [2.05, 4.69) is 17.6 Å². The van der Waals surface area contributed by atoms with Gasteiger partial charge in [0.15, 0.2) is 17.1 Å². The zero-order chi connectivity index (χ0) is 19.2. The van der Waals surface area contributed by atoms with Crippen molar-refractivity contribution in [2.24, 2.45) is 0 Å². The lowest BCUT2D eigenvalue weighted by molar-refractivity contribution is 0.0914. The highest BCUT2D eigenvalue weighted by atomic mass is 16.5. The van der Waals surface area contributed by atoms with Crippen LogP contribution in [0.2, 0.25) is 0 Å². The van der Waals surface area contributed by atoms with Gasteiger partial charge in [-0.2, -0.15) is 0 Å². The van der Waals surface area contributed by atoms with E-state index in [1.807, 2.05) is 49.4 Å². The Bertz CT molecular complexity index is 903. The van der Waals surface area contributed by atoms with Crippen LogP contribution in [0.4, 0.5) is 0 Å². The minimum atomic E-state index is -0.239. The van der Waals surface area contributed by atoms with Crippen LogP contribution in [0, 0.1) is 0 Å². The Kier molecular flexibility index (Phi) is 6.14. The molecule has 1 aromatic heterocycles. The fourth-order valence-electron chi connectivity index (χ4n) is 3.07. The molecule has 3 aromatic rings. The third-order valence-corrected chi connectivity index (χ3v) is 4.57. The second-order valence-corrected chi connectivity index (χ2v) is 6.56. The molecule has 1 atom stereocenters. The number of furan rings is 1. The summed E-state index contributed by atoms with van der Waals surface area (Å²) in [5.74, 6) is 0.672. The Morgan fingerprint density at radius 1 is 1.19 bits per heavy atom. The smallest absolute Gasteiger partial charge is 0.287 e. The zero-order valence-electron chi connectivity index (χ0n) is 16.0. The molecule has 27 heavy (non-hydrogen) atoms. The highest BCUT2D eigenvalue weighted by molar-refractivity contribution is 5.98. The van der Waals surface area contributed by atoms with Crippen LogP contribution < -0.4 is 15.4 Å². The van der Waals surface area contributed by atoms with Crippen LogP contribution in [0.15, 0.2) is 52.9 Å². The summed E-state index contributed by atoms with van der Waals surface area (Å²) >= 11 is 0. The van der Waals surface area contributed by atoms with Crippen LogP contribution in [-0.4, -0.2) is 19.6 Å². The molecule has 0 fully saturated rings. The van der Waals surface area contributed by atoms with Crippen molar-refractivity contribution in [3.8, 4) is 5.75 Å². The van der Waals surface area contributed by atoms with Crippen LogP contribution >= 0.6 is 0 Å². The van der Waals surface area contributed by atoms with E-state index < -0.39 is 0 Å². The molecule has 1 unspecified atom stereocenters. The number of hydrogen-bond donors (Lipinski definition) is 2. The van der Waals surface area contributed by atoms with E-state index in [0.717, 1.165) is 36.0 Å². The van der Waals surface area contributed by atoms with Crippen molar-refractivity contribution >= 4 is 16.9 Å². The molecule has 0 bridgehead atoms. The molecule has 3 rings (SSSR count). The molecule has 0 aliphatic carbocycles. The van der Waals surface area contributed by atoms with Gasteiger partial charge in [0.05, 0.1) is 13.2 Å².